The first-order chi connectivity index (χ1) is 8.34. The van der Waals surface area contributed by atoms with Crippen LogP contribution in [0.3, 0.4) is 0 Å². The zero-order valence-corrected chi connectivity index (χ0v) is 10.6. The molecule has 0 saturated heterocycles. The highest BCUT2D eigenvalue weighted by Crippen LogP contribution is 2.19. The molecular formula is C14H24N2O. The van der Waals surface area contributed by atoms with E-state index in [2.05, 4.69) is 16.7 Å². The van der Waals surface area contributed by atoms with Gasteiger partial charge in [-0.15, -0.1) is 0 Å². The molecule has 0 atom stereocenters. The van der Waals surface area contributed by atoms with E-state index in [1.54, 1.807) is 5.57 Å². The number of amides is 1. The van der Waals surface area contributed by atoms with Crippen molar-refractivity contribution in [3.63, 3.8) is 0 Å². The monoisotopic (exact) mass is 236 g/mol. The molecule has 1 saturated carbocycles. The Bertz CT molecular complexity index is 282. The second-order valence-corrected chi connectivity index (χ2v) is 5.20. The molecule has 0 unspecified atom stereocenters. The topological polar surface area (TPSA) is 41.1 Å². The molecular weight excluding hydrogens is 212 g/mol. The average Bonchev–Trinajstić information content (AvgIpc) is 3.14. The van der Waals surface area contributed by atoms with Crippen LogP contribution in [0.5, 0.6) is 0 Å². The molecule has 0 aliphatic heterocycles. The number of rotatable bonds is 7. The first-order valence-electron chi connectivity index (χ1n) is 7.02. The molecule has 96 valence electrons. The van der Waals surface area contributed by atoms with E-state index >= 15 is 0 Å². The Hall–Kier alpha value is -0.830. The second kappa shape index (κ2) is 6.80. The predicted octanol–water partition coefficient (Wildman–Crippen LogP) is 2.14. The van der Waals surface area contributed by atoms with E-state index in [1.807, 2.05) is 0 Å². The van der Waals surface area contributed by atoms with Crippen LogP contribution in [0.25, 0.3) is 0 Å². The normalized spacial score (nSPS) is 19.9. The van der Waals surface area contributed by atoms with Gasteiger partial charge in [-0.25, -0.2) is 0 Å². The van der Waals surface area contributed by atoms with Gasteiger partial charge in [-0.3, -0.25) is 4.79 Å². The minimum atomic E-state index is 0.205. The van der Waals surface area contributed by atoms with Gasteiger partial charge in [0.25, 0.3) is 0 Å². The van der Waals surface area contributed by atoms with Crippen molar-refractivity contribution in [3.8, 4) is 0 Å². The maximum Gasteiger partial charge on any atom is 0.221 e. The molecule has 2 aliphatic rings. The third kappa shape index (κ3) is 5.35. The molecule has 0 aromatic rings. The minimum Gasteiger partial charge on any atom is -0.353 e. The van der Waals surface area contributed by atoms with Gasteiger partial charge < -0.3 is 10.6 Å². The molecule has 2 aliphatic carbocycles. The van der Waals surface area contributed by atoms with Crippen LogP contribution >= 0.6 is 0 Å². The lowest BCUT2D eigenvalue weighted by Gasteiger charge is -2.12. The number of carbonyl (C=O) groups excluding carboxylic acids is 1. The lowest BCUT2D eigenvalue weighted by molar-refractivity contribution is -0.121. The fraction of sp³-hybridized carbons (Fsp3) is 0.786. The fourth-order valence-corrected chi connectivity index (χ4v) is 2.24. The maximum atomic E-state index is 11.4. The van der Waals surface area contributed by atoms with Gasteiger partial charge in [-0.2, -0.15) is 0 Å². The Balaban J connectivity index is 1.45. The van der Waals surface area contributed by atoms with Crippen molar-refractivity contribution in [3.05, 3.63) is 11.6 Å². The molecule has 0 bridgehead atoms. The summed E-state index contributed by atoms with van der Waals surface area (Å²) in [5.41, 5.74) is 1.60. The minimum absolute atomic E-state index is 0.205. The zero-order valence-electron chi connectivity index (χ0n) is 10.6. The lowest BCUT2D eigenvalue weighted by Crippen LogP contribution is -2.29. The van der Waals surface area contributed by atoms with Crippen LogP contribution in [0.1, 0.15) is 51.4 Å². The van der Waals surface area contributed by atoms with E-state index in [0.29, 0.717) is 12.5 Å². The maximum absolute atomic E-state index is 11.4. The number of nitrogens with one attached hydrogen (secondary N) is 2. The van der Waals surface area contributed by atoms with Crippen molar-refractivity contribution in [2.24, 2.45) is 0 Å². The van der Waals surface area contributed by atoms with Crippen molar-refractivity contribution < 1.29 is 4.79 Å². The first-order valence-corrected chi connectivity index (χ1v) is 7.02. The Morgan fingerprint density at radius 3 is 2.88 bits per heavy atom. The van der Waals surface area contributed by atoms with Crippen molar-refractivity contribution in [2.45, 2.75) is 57.4 Å². The van der Waals surface area contributed by atoms with Crippen LogP contribution in [0.2, 0.25) is 0 Å². The second-order valence-electron chi connectivity index (χ2n) is 5.20. The summed E-state index contributed by atoms with van der Waals surface area (Å²) in [7, 11) is 0. The van der Waals surface area contributed by atoms with E-state index in [9.17, 15) is 4.79 Å². The summed E-state index contributed by atoms with van der Waals surface area (Å²) in [6, 6.07) is 0.495. The summed E-state index contributed by atoms with van der Waals surface area (Å²) in [5.74, 6) is 0.205. The lowest BCUT2D eigenvalue weighted by atomic mass is 9.97. The standard InChI is InChI=1S/C14H24N2O/c17-14(16-13-6-7-13)9-11-15-10-8-12-4-2-1-3-5-12/h4,13,15H,1-3,5-11H2,(H,16,17). The molecule has 0 aromatic heterocycles. The summed E-state index contributed by atoms with van der Waals surface area (Å²) in [5, 5.41) is 6.36. The van der Waals surface area contributed by atoms with Crippen molar-refractivity contribution in [1.82, 2.24) is 10.6 Å². The Labute approximate surface area is 104 Å². The van der Waals surface area contributed by atoms with Crippen molar-refractivity contribution >= 4 is 5.91 Å². The Morgan fingerprint density at radius 1 is 1.29 bits per heavy atom. The van der Waals surface area contributed by atoms with Gasteiger partial charge in [0, 0.05) is 19.0 Å². The van der Waals surface area contributed by atoms with E-state index in [4.69, 9.17) is 0 Å². The van der Waals surface area contributed by atoms with E-state index in [-0.39, 0.29) is 5.91 Å². The van der Waals surface area contributed by atoms with Gasteiger partial charge in [-0.1, -0.05) is 11.6 Å². The number of hydrogen-bond acceptors (Lipinski definition) is 2. The number of carbonyl (C=O) groups is 1. The van der Waals surface area contributed by atoms with Crippen LogP contribution in [-0.2, 0) is 4.79 Å². The van der Waals surface area contributed by atoms with Crippen LogP contribution in [0, 0.1) is 0 Å². The molecule has 0 aromatic carbocycles. The average molecular weight is 236 g/mol. The Kier molecular flexibility index (Phi) is 5.05. The Morgan fingerprint density at radius 2 is 2.18 bits per heavy atom. The molecule has 1 amide bonds. The smallest absolute Gasteiger partial charge is 0.221 e. The van der Waals surface area contributed by atoms with Gasteiger partial charge in [0.2, 0.25) is 5.91 Å². The first kappa shape index (κ1) is 12.6. The highest BCUT2D eigenvalue weighted by atomic mass is 16.1. The van der Waals surface area contributed by atoms with Crippen LogP contribution in [0.15, 0.2) is 11.6 Å². The summed E-state index contributed by atoms with van der Waals surface area (Å²) >= 11 is 0. The summed E-state index contributed by atoms with van der Waals surface area (Å²) < 4.78 is 0. The SMILES string of the molecule is O=C(CCNCCC1=CCCCC1)NC1CC1. The van der Waals surface area contributed by atoms with E-state index in [1.165, 1.54) is 38.5 Å². The van der Waals surface area contributed by atoms with Gasteiger partial charge >= 0.3 is 0 Å². The van der Waals surface area contributed by atoms with Crippen LogP contribution in [0.4, 0.5) is 0 Å². The van der Waals surface area contributed by atoms with Gasteiger partial charge in [0.05, 0.1) is 0 Å². The molecule has 0 radical (unpaired) electrons. The van der Waals surface area contributed by atoms with Crippen LogP contribution < -0.4 is 10.6 Å². The van der Waals surface area contributed by atoms with Gasteiger partial charge in [0.1, 0.15) is 0 Å². The predicted molar refractivity (Wildman–Crippen MR) is 69.8 cm³/mol. The highest BCUT2D eigenvalue weighted by Gasteiger charge is 2.22. The third-order valence-corrected chi connectivity index (χ3v) is 3.48. The van der Waals surface area contributed by atoms with E-state index in [0.717, 1.165) is 19.5 Å². The molecule has 2 rings (SSSR count). The largest absolute Gasteiger partial charge is 0.353 e. The van der Waals surface area contributed by atoms with Gasteiger partial charge in [0.15, 0.2) is 0 Å². The van der Waals surface area contributed by atoms with Gasteiger partial charge in [-0.05, 0) is 51.5 Å². The molecule has 0 spiro atoms. The molecule has 17 heavy (non-hydrogen) atoms. The quantitative estimate of drug-likeness (QED) is 0.525. The highest BCUT2D eigenvalue weighted by molar-refractivity contribution is 5.76. The van der Waals surface area contributed by atoms with Crippen molar-refractivity contribution in [2.75, 3.05) is 13.1 Å². The summed E-state index contributed by atoms with van der Waals surface area (Å²) in [4.78, 5) is 11.4. The molecule has 1 fully saturated rings. The molecule has 0 heterocycles. The van der Waals surface area contributed by atoms with E-state index < -0.39 is 0 Å². The molecule has 3 nitrogen and oxygen atoms in total. The van der Waals surface area contributed by atoms with Crippen molar-refractivity contribution in [1.29, 1.82) is 0 Å². The summed E-state index contributed by atoms with van der Waals surface area (Å²) in [6.45, 7) is 1.83. The summed E-state index contributed by atoms with van der Waals surface area (Å²) in [6.07, 6.45) is 11.8. The van der Waals surface area contributed by atoms with Crippen LogP contribution in [-0.4, -0.2) is 25.0 Å². The zero-order chi connectivity index (χ0) is 11.9. The number of allylic oxidation sites excluding steroid dienone is 1. The fourth-order valence-electron chi connectivity index (χ4n) is 2.24. The molecule has 2 N–H and O–H groups in total. The molecule has 3 heteroatoms. The number of hydrogen-bond donors (Lipinski definition) is 2. The third-order valence-electron chi connectivity index (χ3n) is 3.48.